The van der Waals surface area contributed by atoms with E-state index in [1.165, 1.54) is 12.8 Å². The van der Waals surface area contributed by atoms with E-state index in [0.29, 0.717) is 38.2 Å². The molecule has 1 aromatic rings. The maximum Gasteiger partial charge on any atom is 0.229 e. The molecule has 170 valence electrons. The molecule has 1 saturated heterocycles. The average molecular weight is 449 g/mol. The number of ether oxygens (including phenoxy) is 1. The third-order valence-corrected chi connectivity index (χ3v) is 7.12. The fourth-order valence-electron chi connectivity index (χ4n) is 3.59. The van der Waals surface area contributed by atoms with Crippen molar-refractivity contribution < 1.29 is 22.7 Å². The molecule has 0 radical (unpaired) electrons. The summed E-state index contributed by atoms with van der Waals surface area (Å²) in [4.78, 5) is 22.9. The van der Waals surface area contributed by atoms with Crippen molar-refractivity contribution in [3.05, 3.63) is 42.0 Å². The van der Waals surface area contributed by atoms with Crippen LogP contribution in [-0.4, -0.2) is 32.6 Å². The topological polar surface area (TPSA) is 102 Å². The standard InChI is InChI=1S/C23H32N2O5S/c1-23(2,19-8-6-9-20(15-19)30-16-17-10-11-17)25-31(28,29)14-5-3-4-7-18-12-13-21(26)24-22(18)27/h3,5-6,8-9,15,17-18,25H,4,7,10-14,16H2,1-2H3,(H,24,26,27)/b5-3+. The second-order valence-corrected chi connectivity index (χ2v) is 10.8. The van der Waals surface area contributed by atoms with Crippen molar-refractivity contribution in [2.75, 3.05) is 12.4 Å². The lowest BCUT2D eigenvalue weighted by molar-refractivity contribution is -0.136. The Kier molecular flexibility index (Phi) is 7.54. The Morgan fingerprint density at radius 1 is 1.19 bits per heavy atom. The van der Waals surface area contributed by atoms with Gasteiger partial charge in [-0.05, 0) is 69.6 Å². The van der Waals surface area contributed by atoms with Gasteiger partial charge in [0.05, 0.1) is 17.9 Å². The number of carbonyl (C=O) groups is 2. The zero-order valence-corrected chi connectivity index (χ0v) is 19.0. The molecule has 0 aromatic heterocycles. The van der Waals surface area contributed by atoms with Crippen LogP contribution in [-0.2, 0) is 25.2 Å². The fourth-order valence-corrected chi connectivity index (χ4v) is 4.95. The molecule has 1 atom stereocenters. The number of rotatable bonds is 11. The third kappa shape index (κ3) is 7.47. The minimum Gasteiger partial charge on any atom is -0.493 e. The first kappa shape index (κ1) is 23.5. The van der Waals surface area contributed by atoms with Gasteiger partial charge in [0.2, 0.25) is 21.8 Å². The second-order valence-electron chi connectivity index (χ2n) is 8.99. The lowest BCUT2D eigenvalue weighted by Gasteiger charge is -2.27. The highest BCUT2D eigenvalue weighted by Gasteiger charge is 2.28. The summed E-state index contributed by atoms with van der Waals surface area (Å²) in [6.07, 6.45) is 7.92. The van der Waals surface area contributed by atoms with Gasteiger partial charge in [0.15, 0.2) is 0 Å². The van der Waals surface area contributed by atoms with Gasteiger partial charge >= 0.3 is 0 Å². The van der Waals surface area contributed by atoms with Crippen molar-refractivity contribution in [2.45, 2.75) is 57.9 Å². The highest BCUT2D eigenvalue weighted by Crippen LogP contribution is 2.30. The first-order valence-electron chi connectivity index (χ1n) is 10.9. The summed E-state index contributed by atoms with van der Waals surface area (Å²) in [5.41, 5.74) is 0.0597. The highest BCUT2D eigenvalue weighted by atomic mass is 32.2. The molecule has 7 nitrogen and oxygen atoms in total. The number of hydrogen-bond acceptors (Lipinski definition) is 5. The molecule has 1 aliphatic carbocycles. The van der Waals surface area contributed by atoms with E-state index in [2.05, 4.69) is 10.0 Å². The predicted molar refractivity (Wildman–Crippen MR) is 119 cm³/mol. The van der Waals surface area contributed by atoms with E-state index in [9.17, 15) is 18.0 Å². The first-order chi connectivity index (χ1) is 14.6. The highest BCUT2D eigenvalue weighted by molar-refractivity contribution is 7.89. The van der Waals surface area contributed by atoms with Crippen LogP contribution >= 0.6 is 0 Å². The molecule has 2 amide bonds. The Labute approximate surface area is 184 Å². The lowest BCUT2D eigenvalue weighted by atomic mass is 9.93. The zero-order valence-electron chi connectivity index (χ0n) is 18.2. The normalized spacial score (nSPS) is 20.1. The predicted octanol–water partition coefficient (Wildman–Crippen LogP) is 3.02. The number of nitrogens with one attached hydrogen (secondary N) is 2. The zero-order chi connectivity index (χ0) is 22.5. The molecule has 0 spiro atoms. The SMILES string of the molecule is CC(C)(NS(=O)(=O)C/C=C/CCC1CCC(=O)NC1=O)c1cccc(OCC2CC2)c1. The van der Waals surface area contributed by atoms with Crippen molar-refractivity contribution in [2.24, 2.45) is 11.8 Å². The van der Waals surface area contributed by atoms with Crippen molar-refractivity contribution in [1.82, 2.24) is 10.0 Å². The number of imide groups is 1. The number of piperidine rings is 1. The molecule has 8 heteroatoms. The van der Waals surface area contributed by atoms with Gasteiger partial charge in [0, 0.05) is 12.3 Å². The molecular weight excluding hydrogens is 416 g/mol. The van der Waals surface area contributed by atoms with E-state index in [4.69, 9.17) is 4.74 Å². The van der Waals surface area contributed by atoms with Gasteiger partial charge in [-0.2, -0.15) is 0 Å². The quantitative estimate of drug-likeness (QED) is 0.400. The Balaban J connectivity index is 1.48. The van der Waals surface area contributed by atoms with E-state index in [1.807, 2.05) is 38.1 Å². The van der Waals surface area contributed by atoms with E-state index >= 15 is 0 Å². The number of hydrogen-bond donors (Lipinski definition) is 2. The number of amides is 2. The second kappa shape index (κ2) is 9.96. The van der Waals surface area contributed by atoms with Crippen LogP contribution in [0.1, 0.15) is 57.9 Å². The number of allylic oxidation sites excluding steroid dienone is 1. The Hall–Kier alpha value is -2.19. The maximum atomic E-state index is 12.6. The fraction of sp³-hybridized carbons (Fsp3) is 0.565. The van der Waals surface area contributed by atoms with Crippen LogP contribution in [0.2, 0.25) is 0 Å². The van der Waals surface area contributed by atoms with Gasteiger partial charge in [-0.25, -0.2) is 13.1 Å². The Morgan fingerprint density at radius 2 is 1.97 bits per heavy atom. The Morgan fingerprint density at radius 3 is 2.68 bits per heavy atom. The summed E-state index contributed by atoms with van der Waals surface area (Å²) < 4.78 is 33.8. The Bertz CT molecular complexity index is 935. The van der Waals surface area contributed by atoms with Crippen LogP contribution in [0.3, 0.4) is 0 Å². The number of sulfonamides is 1. The summed E-state index contributed by atoms with van der Waals surface area (Å²) in [5.74, 6) is 0.622. The monoisotopic (exact) mass is 448 g/mol. The molecule has 1 aliphatic heterocycles. The van der Waals surface area contributed by atoms with Gasteiger partial charge in [-0.1, -0.05) is 24.3 Å². The van der Waals surface area contributed by atoms with Crippen LogP contribution in [0.25, 0.3) is 0 Å². The molecule has 3 rings (SSSR count). The van der Waals surface area contributed by atoms with Crippen molar-refractivity contribution in [1.29, 1.82) is 0 Å². The summed E-state index contributed by atoms with van der Waals surface area (Å²) in [6, 6.07) is 7.55. The number of benzene rings is 1. The van der Waals surface area contributed by atoms with Crippen molar-refractivity contribution >= 4 is 21.8 Å². The van der Waals surface area contributed by atoms with Crippen LogP contribution in [0.5, 0.6) is 5.75 Å². The minimum absolute atomic E-state index is 0.135. The molecule has 2 aliphatic rings. The molecule has 1 heterocycles. The number of carbonyl (C=O) groups excluding carboxylic acids is 2. The molecule has 2 fully saturated rings. The van der Waals surface area contributed by atoms with Crippen molar-refractivity contribution in [3.63, 3.8) is 0 Å². The summed E-state index contributed by atoms with van der Waals surface area (Å²) >= 11 is 0. The minimum atomic E-state index is -3.54. The van der Waals surface area contributed by atoms with E-state index in [-0.39, 0.29) is 23.5 Å². The molecular formula is C23H32N2O5S. The summed E-state index contributed by atoms with van der Waals surface area (Å²) in [7, 11) is -3.54. The molecule has 1 aromatic carbocycles. The van der Waals surface area contributed by atoms with E-state index in [1.54, 1.807) is 12.2 Å². The molecule has 1 saturated carbocycles. The van der Waals surface area contributed by atoms with Gasteiger partial charge in [0.1, 0.15) is 5.75 Å². The van der Waals surface area contributed by atoms with Crippen LogP contribution in [0.15, 0.2) is 36.4 Å². The van der Waals surface area contributed by atoms with Crippen molar-refractivity contribution in [3.8, 4) is 5.75 Å². The summed E-state index contributed by atoms with van der Waals surface area (Å²) in [6.45, 7) is 4.37. The molecule has 0 bridgehead atoms. The largest absolute Gasteiger partial charge is 0.493 e. The third-order valence-electron chi connectivity index (χ3n) is 5.67. The van der Waals surface area contributed by atoms with Gasteiger partial charge in [-0.15, -0.1) is 0 Å². The van der Waals surface area contributed by atoms with Crippen LogP contribution < -0.4 is 14.8 Å². The maximum absolute atomic E-state index is 12.6. The smallest absolute Gasteiger partial charge is 0.229 e. The van der Waals surface area contributed by atoms with E-state index < -0.39 is 15.6 Å². The molecule has 31 heavy (non-hydrogen) atoms. The van der Waals surface area contributed by atoms with Gasteiger partial charge in [0.25, 0.3) is 0 Å². The van der Waals surface area contributed by atoms with E-state index in [0.717, 1.165) is 11.3 Å². The van der Waals surface area contributed by atoms with Gasteiger partial charge in [-0.3, -0.25) is 14.9 Å². The molecule has 2 N–H and O–H groups in total. The molecule has 1 unspecified atom stereocenters. The lowest BCUT2D eigenvalue weighted by Crippen LogP contribution is -2.41. The van der Waals surface area contributed by atoms with Crippen LogP contribution in [0.4, 0.5) is 0 Å². The average Bonchev–Trinajstić information content (AvgIpc) is 3.51. The van der Waals surface area contributed by atoms with Crippen LogP contribution in [0, 0.1) is 11.8 Å². The summed E-state index contributed by atoms with van der Waals surface area (Å²) in [5, 5.41) is 2.34. The van der Waals surface area contributed by atoms with Gasteiger partial charge < -0.3 is 4.74 Å². The first-order valence-corrected chi connectivity index (χ1v) is 12.5.